The van der Waals surface area contributed by atoms with E-state index in [1.165, 1.54) is 9.87 Å². The van der Waals surface area contributed by atoms with Crippen LogP contribution in [0.4, 0.5) is 0 Å². The second-order valence-electron chi connectivity index (χ2n) is 8.94. The topological polar surface area (TPSA) is 87.0 Å². The third-order valence-corrected chi connectivity index (χ3v) is 8.88. The number of rotatable bonds is 5. The molecule has 0 radical (unpaired) electrons. The molecule has 2 saturated heterocycles. The smallest absolute Gasteiger partial charge is 0.248 e. The monoisotopic (exact) mass is 494 g/mol. The largest absolute Gasteiger partial charge is 0.360 e. The Morgan fingerprint density at radius 3 is 2.55 bits per heavy atom. The quantitative estimate of drug-likeness (QED) is 0.634. The van der Waals surface area contributed by atoms with Gasteiger partial charge in [0, 0.05) is 50.8 Å². The molecule has 1 atom stereocenters. The van der Waals surface area contributed by atoms with Gasteiger partial charge in [-0.1, -0.05) is 28.9 Å². The summed E-state index contributed by atoms with van der Waals surface area (Å²) in [6, 6.07) is 7.87. The van der Waals surface area contributed by atoms with Crippen LogP contribution in [0.25, 0.3) is 0 Å². The van der Waals surface area contributed by atoms with E-state index < -0.39 is 10.0 Å². The zero-order valence-corrected chi connectivity index (χ0v) is 20.7. The first-order valence-electron chi connectivity index (χ1n) is 11.4. The molecule has 2 aliphatic heterocycles. The lowest BCUT2D eigenvalue weighted by molar-refractivity contribution is -0.136. The Morgan fingerprint density at radius 1 is 1.09 bits per heavy atom. The number of piperidine rings is 1. The predicted molar refractivity (Wildman–Crippen MR) is 125 cm³/mol. The Bertz CT molecular complexity index is 1070. The van der Waals surface area contributed by atoms with Crippen LogP contribution in [-0.2, 0) is 21.4 Å². The minimum atomic E-state index is -3.74. The number of hydrogen-bond donors (Lipinski definition) is 0. The van der Waals surface area contributed by atoms with Gasteiger partial charge in [-0.25, -0.2) is 8.42 Å². The first kappa shape index (κ1) is 24.2. The molecule has 8 nitrogen and oxygen atoms in total. The van der Waals surface area contributed by atoms with Gasteiger partial charge in [0.15, 0.2) is 5.76 Å². The number of hydrogen-bond acceptors (Lipinski definition) is 6. The summed E-state index contributed by atoms with van der Waals surface area (Å²) in [7, 11) is -3.74. The summed E-state index contributed by atoms with van der Waals surface area (Å²) in [5.74, 6) is 0.0214. The number of benzene rings is 1. The molecule has 180 valence electrons. The summed E-state index contributed by atoms with van der Waals surface area (Å²) in [5.41, 5.74) is 1.56. The lowest BCUT2D eigenvalue weighted by Gasteiger charge is -2.34. The van der Waals surface area contributed by atoms with Gasteiger partial charge in [0.05, 0.1) is 5.92 Å². The molecular weight excluding hydrogens is 464 g/mol. The Hall–Kier alpha value is -1.94. The number of aryl methyl sites for hydroxylation is 2. The Morgan fingerprint density at radius 2 is 1.85 bits per heavy atom. The zero-order chi connectivity index (χ0) is 23.6. The molecule has 2 aliphatic rings. The van der Waals surface area contributed by atoms with Crippen LogP contribution in [0.3, 0.4) is 0 Å². The minimum Gasteiger partial charge on any atom is -0.360 e. The van der Waals surface area contributed by atoms with Crippen molar-refractivity contribution in [2.75, 3.05) is 39.3 Å². The Balaban J connectivity index is 1.38. The van der Waals surface area contributed by atoms with E-state index in [0.29, 0.717) is 38.2 Å². The van der Waals surface area contributed by atoms with E-state index in [0.717, 1.165) is 31.1 Å². The maximum atomic E-state index is 13.3. The van der Waals surface area contributed by atoms with E-state index in [1.54, 1.807) is 13.8 Å². The van der Waals surface area contributed by atoms with Crippen molar-refractivity contribution in [2.24, 2.45) is 5.92 Å². The molecule has 2 aromatic rings. The van der Waals surface area contributed by atoms with Crippen molar-refractivity contribution in [3.05, 3.63) is 46.3 Å². The number of nitrogens with zero attached hydrogens (tertiary/aromatic N) is 4. The van der Waals surface area contributed by atoms with Crippen LogP contribution in [-0.4, -0.2) is 72.9 Å². The SMILES string of the molecule is Cc1noc(C)c1S(=O)(=O)N1CCCC(C(=O)N2CCCN(Cc3ccc(Cl)cc3)CC2)C1. The third kappa shape index (κ3) is 5.42. The van der Waals surface area contributed by atoms with Crippen molar-refractivity contribution in [1.82, 2.24) is 19.3 Å². The maximum Gasteiger partial charge on any atom is 0.248 e. The zero-order valence-electron chi connectivity index (χ0n) is 19.2. The fourth-order valence-electron chi connectivity index (χ4n) is 4.79. The molecule has 33 heavy (non-hydrogen) atoms. The van der Waals surface area contributed by atoms with Gasteiger partial charge in [-0.05, 0) is 50.8 Å². The fraction of sp³-hybridized carbons (Fsp3) is 0.565. The molecule has 1 unspecified atom stereocenters. The third-order valence-electron chi connectivity index (χ3n) is 6.52. The molecule has 2 fully saturated rings. The summed E-state index contributed by atoms with van der Waals surface area (Å²) in [6.45, 7) is 7.73. The molecule has 0 aliphatic carbocycles. The molecule has 3 heterocycles. The van der Waals surface area contributed by atoms with Crippen molar-refractivity contribution < 1.29 is 17.7 Å². The van der Waals surface area contributed by atoms with Gasteiger partial charge < -0.3 is 9.42 Å². The van der Waals surface area contributed by atoms with Crippen molar-refractivity contribution in [2.45, 2.75) is 44.6 Å². The van der Waals surface area contributed by atoms with E-state index in [-0.39, 0.29) is 29.0 Å². The summed E-state index contributed by atoms with van der Waals surface area (Å²) in [6.07, 6.45) is 2.26. The van der Waals surface area contributed by atoms with Crippen molar-refractivity contribution in [3.8, 4) is 0 Å². The number of aromatic nitrogens is 1. The number of carbonyl (C=O) groups excluding carboxylic acids is 1. The Labute approximate surface area is 200 Å². The summed E-state index contributed by atoms with van der Waals surface area (Å²) in [4.78, 5) is 17.7. The molecule has 0 bridgehead atoms. The lowest BCUT2D eigenvalue weighted by Crippen LogP contribution is -2.47. The van der Waals surface area contributed by atoms with Crippen molar-refractivity contribution in [3.63, 3.8) is 0 Å². The van der Waals surface area contributed by atoms with Gasteiger partial charge in [0.2, 0.25) is 15.9 Å². The van der Waals surface area contributed by atoms with Crippen LogP contribution in [0.5, 0.6) is 0 Å². The highest BCUT2D eigenvalue weighted by Gasteiger charge is 2.37. The van der Waals surface area contributed by atoms with Gasteiger partial charge in [0.25, 0.3) is 0 Å². The lowest BCUT2D eigenvalue weighted by atomic mass is 9.98. The summed E-state index contributed by atoms with van der Waals surface area (Å²) >= 11 is 5.98. The maximum absolute atomic E-state index is 13.3. The molecule has 1 aromatic carbocycles. The molecular formula is C23H31ClN4O4S. The minimum absolute atomic E-state index is 0.0574. The summed E-state index contributed by atoms with van der Waals surface area (Å²) in [5, 5.41) is 4.52. The normalized spacial score (nSPS) is 21.2. The second-order valence-corrected chi connectivity index (χ2v) is 11.2. The van der Waals surface area contributed by atoms with E-state index in [9.17, 15) is 13.2 Å². The average molecular weight is 495 g/mol. The van der Waals surface area contributed by atoms with Crippen molar-refractivity contribution >= 4 is 27.5 Å². The van der Waals surface area contributed by atoms with Gasteiger partial charge in [-0.15, -0.1) is 0 Å². The molecule has 10 heteroatoms. The van der Waals surface area contributed by atoms with Crippen LogP contribution in [0.15, 0.2) is 33.7 Å². The van der Waals surface area contributed by atoms with Gasteiger partial charge in [-0.2, -0.15) is 4.31 Å². The molecule has 0 saturated carbocycles. The van der Waals surface area contributed by atoms with Crippen LogP contribution in [0.2, 0.25) is 5.02 Å². The number of halogens is 1. The van der Waals surface area contributed by atoms with Gasteiger partial charge in [-0.3, -0.25) is 9.69 Å². The molecule has 0 N–H and O–H groups in total. The van der Waals surface area contributed by atoms with Crippen LogP contribution < -0.4 is 0 Å². The van der Waals surface area contributed by atoms with E-state index >= 15 is 0 Å². The summed E-state index contributed by atoms with van der Waals surface area (Å²) < 4.78 is 32.9. The average Bonchev–Trinajstić information content (AvgIpc) is 2.99. The van der Waals surface area contributed by atoms with Gasteiger partial charge >= 0.3 is 0 Å². The number of carbonyl (C=O) groups is 1. The number of amides is 1. The second kappa shape index (κ2) is 10.1. The van der Waals surface area contributed by atoms with E-state index in [1.807, 2.05) is 29.2 Å². The van der Waals surface area contributed by atoms with E-state index in [4.69, 9.17) is 16.1 Å². The standard InChI is InChI=1S/C23H31ClN4O4S/c1-17-22(18(2)32-25-17)33(30,31)28-12-3-5-20(16-28)23(29)27-11-4-10-26(13-14-27)15-19-6-8-21(24)9-7-19/h6-9,20H,3-5,10-16H2,1-2H3. The first-order chi connectivity index (χ1) is 15.8. The Kier molecular flexibility index (Phi) is 7.43. The predicted octanol–water partition coefficient (Wildman–Crippen LogP) is 3.08. The highest BCUT2D eigenvalue weighted by Crippen LogP contribution is 2.28. The fourth-order valence-corrected chi connectivity index (χ4v) is 6.73. The number of sulfonamides is 1. The molecule has 1 amide bonds. The van der Waals surface area contributed by atoms with Crippen LogP contribution in [0.1, 0.15) is 36.3 Å². The van der Waals surface area contributed by atoms with Crippen LogP contribution in [0, 0.1) is 19.8 Å². The van der Waals surface area contributed by atoms with Crippen LogP contribution >= 0.6 is 11.6 Å². The first-order valence-corrected chi connectivity index (χ1v) is 13.3. The molecule has 4 rings (SSSR count). The highest BCUT2D eigenvalue weighted by molar-refractivity contribution is 7.89. The van der Waals surface area contributed by atoms with Gasteiger partial charge in [0.1, 0.15) is 10.6 Å². The molecule has 1 aromatic heterocycles. The van der Waals surface area contributed by atoms with E-state index in [2.05, 4.69) is 10.1 Å². The highest BCUT2D eigenvalue weighted by atomic mass is 35.5. The molecule has 0 spiro atoms. The van der Waals surface area contributed by atoms with Crippen molar-refractivity contribution in [1.29, 1.82) is 0 Å².